The van der Waals surface area contributed by atoms with Gasteiger partial charge in [-0.1, -0.05) is 42.8 Å². The number of thiocarbonyl (C=S) groups is 1. The number of aryl methyl sites for hydroxylation is 1. The normalized spacial score (nSPS) is 24.9. The number of thioether (sulfide) groups is 1. The van der Waals surface area contributed by atoms with Gasteiger partial charge in [-0.15, -0.1) is 0 Å². The molecule has 1 saturated heterocycles. The molecule has 0 N–H and O–H groups in total. The van der Waals surface area contributed by atoms with E-state index in [1.165, 1.54) is 11.8 Å². The second-order valence-corrected chi connectivity index (χ2v) is 9.77. The number of sulfonamides is 1. The summed E-state index contributed by atoms with van der Waals surface area (Å²) < 4.78 is 34.6. The fourth-order valence-electron chi connectivity index (χ4n) is 3.40. The lowest BCUT2D eigenvalue weighted by atomic mass is 9.94. The molecule has 2 rings (SSSR count). The quantitative estimate of drug-likeness (QED) is 0.686. The van der Waals surface area contributed by atoms with Crippen LogP contribution in [0.3, 0.4) is 0 Å². The van der Waals surface area contributed by atoms with Gasteiger partial charge in [-0.2, -0.15) is 4.31 Å². The van der Waals surface area contributed by atoms with E-state index in [0.717, 1.165) is 31.2 Å². The summed E-state index contributed by atoms with van der Waals surface area (Å²) in [5.74, 6) is 0. The van der Waals surface area contributed by atoms with Gasteiger partial charge in [0.05, 0.1) is 10.9 Å². The first kappa shape index (κ1) is 20.7. The predicted octanol–water partition coefficient (Wildman–Crippen LogP) is 4.37. The minimum absolute atomic E-state index is 0.00834. The molecular formula is C18H27NO3S3. The first-order valence-corrected chi connectivity index (χ1v) is 11.7. The Bertz CT molecular complexity index is 688. The molecule has 4 nitrogen and oxygen atoms in total. The van der Waals surface area contributed by atoms with Crippen molar-refractivity contribution in [1.29, 1.82) is 0 Å². The molecule has 3 atom stereocenters. The first-order valence-electron chi connectivity index (χ1n) is 8.66. The molecule has 1 aromatic carbocycles. The van der Waals surface area contributed by atoms with E-state index in [0.29, 0.717) is 9.28 Å². The molecule has 1 heterocycles. The van der Waals surface area contributed by atoms with E-state index in [2.05, 4.69) is 6.92 Å². The number of benzene rings is 1. The van der Waals surface area contributed by atoms with Gasteiger partial charge >= 0.3 is 0 Å². The number of piperidine rings is 1. The summed E-state index contributed by atoms with van der Waals surface area (Å²) in [5, 5.41) is 0. The maximum absolute atomic E-state index is 13.3. The summed E-state index contributed by atoms with van der Waals surface area (Å²) in [6, 6.07) is 6.82. The molecule has 0 aliphatic carbocycles. The van der Waals surface area contributed by atoms with E-state index in [9.17, 15) is 8.42 Å². The van der Waals surface area contributed by atoms with Gasteiger partial charge in [0.2, 0.25) is 14.4 Å². The van der Waals surface area contributed by atoms with Gasteiger partial charge in [0.25, 0.3) is 0 Å². The third-order valence-corrected chi connectivity index (χ3v) is 7.80. The van der Waals surface area contributed by atoms with Gasteiger partial charge < -0.3 is 4.74 Å². The van der Waals surface area contributed by atoms with Crippen molar-refractivity contribution in [2.24, 2.45) is 0 Å². The number of nitrogens with zero attached hydrogens (tertiary/aromatic N) is 1. The molecule has 0 radical (unpaired) electrons. The lowest BCUT2D eigenvalue weighted by Gasteiger charge is -2.43. The summed E-state index contributed by atoms with van der Waals surface area (Å²) in [5.41, 5.74) is 1.04. The summed E-state index contributed by atoms with van der Waals surface area (Å²) in [6.45, 7) is 5.97. The fourth-order valence-corrected chi connectivity index (χ4v) is 5.65. The van der Waals surface area contributed by atoms with Crippen LogP contribution in [0, 0.1) is 6.92 Å². The van der Waals surface area contributed by atoms with E-state index >= 15 is 0 Å². The van der Waals surface area contributed by atoms with E-state index in [1.807, 2.05) is 32.2 Å². The molecule has 0 amide bonds. The monoisotopic (exact) mass is 401 g/mol. The van der Waals surface area contributed by atoms with Crippen LogP contribution in [0.2, 0.25) is 0 Å². The van der Waals surface area contributed by atoms with Crippen LogP contribution < -0.4 is 0 Å². The van der Waals surface area contributed by atoms with Crippen LogP contribution in [-0.2, 0) is 14.8 Å². The molecule has 0 spiro atoms. The van der Waals surface area contributed by atoms with Gasteiger partial charge in [-0.25, -0.2) is 8.42 Å². The van der Waals surface area contributed by atoms with E-state index in [4.69, 9.17) is 17.0 Å². The van der Waals surface area contributed by atoms with Crippen LogP contribution in [0.4, 0.5) is 0 Å². The van der Waals surface area contributed by atoms with Gasteiger partial charge in [-0.3, -0.25) is 0 Å². The van der Waals surface area contributed by atoms with Crippen molar-refractivity contribution in [1.82, 2.24) is 4.31 Å². The van der Waals surface area contributed by atoms with Gasteiger partial charge in [0.1, 0.15) is 6.10 Å². The molecule has 0 saturated carbocycles. The minimum Gasteiger partial charge on any atom is -0.474 e. The molecule has 1 fully saturated rings. The smallest absolute Gasteiger partial charge is 0.243 e. The Morgan fingerprint density at radius 2 is 1.96 bits per heavy atom. The number of rotatable bonds is 5. The molecule has 140 valence electrons. The highest BCUT2D eigenvalue weighted by Crippen LogP contribution is 2.34. The maximum Gasteiger partial charge on any atom is 0.243 e. The average molecular weight is 402 g/mol. The second kappa shape index (κ2) is 8.84. The Kier molecular flexibility index (Phi) is 7.31. The molecule has 0 unspecified atom stereocenters. The van der Waals surface area contributed by atoms with Crippen LogP contribution in [0.1, 0.15) is 45.1 Å². The zero-order valence-electron chi connectivity index (χ0n) is 15.3. The maximum atomic E-state index is 13.3. The Morgan fingerprint density at radius 1 is 1.32 bits per heavy atom. The van der Waals surface area contributed by atoms with Gasteiger partial charge in [0, 0.05) is 6.04 Å². The zero-order valence-corrected chi connectivity index (χ0v) is 17.7. The Balaban J connectivity index is 2.36. The van der Waals surface area contributed by atoms with Crippen molar-refractivity contribution < 1.29 is 13.2 Å². The SMILES string of the molecule is CCC[C@@H]1CC[C@@H](OC(=S)SC)[C@H](C)N1S(=O)(=O)c1ccc(C)cc1. The number of ether oxygens (including phenoxy) is 1. The van der Waals surface area contributed by atoms with Crippen molar-refractivity contribution >= 4 is 38.4 Å². The summed E-state index contributed by atoms with van der Waals surface area (Å²) in [7, 11) is -3.57. The van der Waals surface area contributed by atoms with E-state index in [1.54, 1.807) is 16.4 Å². The molecule has 1 aliphatic heterocycles. The molecule has 1 aliphatic rings. The topological polar surface area (TPSA) is 46.6 Å². The lowest BCUT2D eigenvalue weighted by molar-refractivity contribution is 0.0461. The summed E-state index contributed by atoms with van der Waals surface area (Å²) in [6.07, 6.45) is 5.10. The molecular weight excluding hydrogens is 374 g/mol. The van der Waals surface area contributed by atoms with Crippen molar-refractivity contribution in [2.75, 3.05) is 6.26 Å². The third kappa shape index (κ3) is 4.76. The van der Waals surface area contributed by atoms with Gasteiger partial charge in [0.15, 0.2) is 0 Å². The van der Waals surface area contributed by atoms with Crippen LogP contribution in [-0.4, -0.2) is 41.5 Å². The molecule has 0 aromatic heterocycles. The van der Waals surface area contributed by atoms with E-state index in [-0.39, 0.29) is 18.2 Å². The number of hydrogen-bond acceptors (Lipinski definition) is 5. The van der Waals surface area contributed by atoms with Crippen molar-refractivity contribution in [3.63, 3.8) is 0 Å². The molecule has 0 bridgehead atoms. The Hall–Kier alpha value is -0.630. The highest BCUT2D eigenvalue weighted by atomic mass is 32.2. The third-order valence-electron chi connectivity index (χ3n) is 4.72. The second-order valence-electron chi connectivity index (χ2n) is 6.52. The van der Waals surface area contributed by atoms with Gasteiger partial charge in [-0.05, 0) is 63.7 Å². The summed E-state index contributed by atoms with van der Waals surface area (Å²) >= 11 is 6.56. The average Bonchev–Trinajstić information content (AvgIpc) is 2.57. The lowest BCUT2D eigenvalue weighted by Crippen LogP contribution is -2.55. The van der Waals surface area contributed by atoms with Crippen LogP contribution in [0.5, 0.6) is 0 Å². The van der Waals surface area contributed by atoms with Crippen molar-refractivity contribution in [2.45, 2.75) is 69.5 Å². The standard InChI is InChI=1S/C18H27NO3S3/c1-5-6-15-9-12-17(22-18(23)24-4)14(3)19(15)25(20,21)16-10-7-13(2)8-11-16/h7-8,10-11,14-15,17H,5-6,9,12H2,1-4H3/t14-,15+,17+/m0/s1. The van der Waals surface area contributed by atoms with Crippen LogP contribution in [0.25, 0.3) is 0 Å². The largest absolute Gasteiger partial charge is 0.474 e. The molecule has 25 heavy (non-hydrogen) atoms. The summed E-state index contributed by atoms with van der Waals surface area (Å²) in [4.78, 5) is 0.346. The highest BCUT2D eigenvalue weighted by Gasteiger charge is 2.43. The van der Waals surface area contributed by atoms with E-state index < -0.39 is 10.0 Å². The zero-order chi connectivity index (χ0) is 18.6. The Labute approximate surface area is 161 Å². The highest BCUT2D eigenvalue weighted by molar-refractivity contribution is 8.22. The van der Waals surface area contributed by atoms with Crippen LogP contribution in [0.15, 0.2) is 29.2 Å². The van der Waals surface area contributed by atoms with Crippen molar-refractivity contribution in [3.8, 4) is 0 Å². The first-order chi connectivity index (χ1) is 11.8. The van der Waals surface area contributed by atoms with Crippen molar-refractivity contribution in [3.05, 3.63) is 29.8 Å². The fraction of sp³-hybridized carbons (Fsp3) is 0.611. The number of hydrogen-bond donors (Lipinski definition) is 0. The van der Waals surface area contributed by atoms with Crippen LogP contribution >= 0.6 is 24.0 Å². The molecule has 7 heteroatoms. The Morgan fingerprint density at radius 3 is 2.52 bits per heavy atom. The predicted molar refractivity (Wildman–Crippen MR) is 109 cm³/mol. The minimum atomic E-state index is -3.57. The molecule has 1 aromatic rings.